The Bertz CT molecular complexity index is 428. The number of phenols is 1. The highest BCUT2D eigenvalue weighted by atomic mass is 16.5. The zero-order chi connectivity index (χ0) is 13.0. The van der Waals surface area contributed by atoms with Gasteiger partial charge in [0.2, 0.25) is 0 Å². The lowest BCUT2D eigenvalue weighted by atomic mass is 9.96. The molecule has 1 atom stereocenters. The van der Waals surface area contributed by atoms with E-state index in [0.717, 1.165) is 25.1 Å². The van der Waals surface area contributed by atoms with Crippen LogP contribution in [-0.2, 0) is 4.74 Å². The normalized spacial score (nSPS) is 18.6. The Hall–Kier alpha value is -1.75. The smallest absolute Gasteiger partial charge is 0.411 e. The van der Waals surface area contributed by atoms with E-state index in [9.17, 15) is 9.90 Å². The molecule has 98 valence electrons. The number of ether oxygens (including phenoxy) is 1. The highest BCUT2D eigenvalue weighted by molar-refractivity contribution is 5.88. The predicted molar refractivity (Wildman–Crippen MR) is 69.0 cm³/mol. The molecule has 2 rings (SSSR count). The van der Waals surface area contributed by atoms with Crippen LogP contribution in [0.1, 0.15) is 24.8 Å². The van der Waals surface area contributed by atoms with Crippen LogP contribution >= 0.6 is 0 Å². The van der Waals surface area contributed by atoms with Crippen LogP contribution in [0.25, 0.3) is 0 Å². The van der Waals surface area contributed by atoms with Gasteiger partial charge in [-0.1, -0.05) is 12.1 Å². The van der Waals surface area contributed by atoms with Crippen LogP contribution in [0.5, 0.6) is 5.75 Å². The van der Waals surface area contributed by atoms with E-state index < -0.39 is 6.09 Å². The summed E-state index contributed by atoms with van der Waals surface area (Å²) >= 11 is 0. The number of rotatable bonds is 3. The number of hydrogen-bond acceptors (Lipinski definition) is 4. The van der Waals surface area contributed by atoms with Crippen molar-refractivity contribution in [3.05, 3.63) is 23.8 Å². The first-order chi connectivity index (χ1) is 8.72. The van der Waals surface area contributed by atoms with Gasteiger partial charge < -0.3 is 15.2 Å². The fraction of sp³-hybridized carbons (Fsp3) is 0.462. The van der Waals surface area contributed by atoms with Gasteiger partial charge in [0, 0.05) is 6.54 Å². The van der Waals surface area contributed by atoms with Crippen molar-refractivity contribution in [1.29, 1.82) is 0 Å². The van der Waals surface area contributed by atoms with E-state index in [0.29, 0.717) is 18.2 Å². The Labute approximate surface area is 106 Å². The minimum absolute atomic E-state index is 0.0763. The molecule has 18 heavy (non-hydrogen) atoms. The first-order valence-corrected chi connectivity index (χ1v) is 6.18. The van der Waals surface area contributed by atoms with Gasteiger partial charge in [0.05, 0.1) is 12.3 Å². The third-order valence-electron chi connectivity index (χ3n) is 3.08. The summed E-state index contributed by atoms with van der Waals surface area (Å²) in [5, 5.41) is 15.8. The topological polar surface area (TPSA) is 70.6 Å². The van der Waals surface area contributed by atoms with Gasteiger partial charge in [0.15, 0.2) is 0 Å². The van der Waals surface area contributed by atoms with Gasteiger partial charge in [0.1, 0.15) is 5.75 Å². The predicted octanol–water partition coefficient (Wildman–Crippen LogP) is 2.04. The van der Waals surface area contributed by atoms with Crippen LogP contribution in [0.15, 0.2) is 18.2 Å². The van der Waals surface area contributed by atoms with E-state index in [1.165, 1.54) is 0 Å². The Morgan fingerprint density at radius 2 is 2.44 bits per heavy atom. The molecule has 5 heteroatoms. The number of nitrogens with one attached hydrogen (secondary N) is 2. The number of aromatic hydroxyl groups is 1. The fourth-order valence-electron chi connectivity index (χ4n) is 2.22. The van der Waals surface area contributed by atoms with E-state index in [-0.39, 0.29) is 5.75 Å². The van der Waals surface area contributed by atoms with Gasteiger partial charge in [-0.05, 0) is 37.4 Å². The molecule has 0 aliphatic carbocycles. The van der Waals surface area contributed by atoms with Gasteiger partial charge in [-0.2, -0.15) is 0 Å². The van der Waals surface area contributed by atoms with Crippen molar-refractivity contribution in [3.63, 3.8) is 0 Å². The van der Waals surface area contributed by atoms with E-state index in [1.54, 1.807) is 19.1 Å². The van der Waals surface area contributed by atoms with Crippen molar-refractivity contribution in [2.45, 2.75) is 19.3 Å². The summed E-state index contributed by atoms with van der Waals surface area (Å²) in [6, 6.07) is 5.28. The molecule has 1 heterocycles. The van der Waals surface area contributed by atoms with Gasteiger partial charge in [-0.3, -0.25) is 5.32 Å². The summed E-state index contributed by atoms with van der Waals surface area (Å²) < 4.78 is 4.84. The van der Waals surface area contributed by atoms with Crippen molar-refractivity contribution in [3.8, 4) is 5.75 Å². The van der Waals surface area contributed by atoms with E-state index in [1.807, 2.05) is 6.07 Å². The van der Waals surface area contributed by atoms with Crippen LogP contribution < -0.4 is 10.6 Å². The monoisotopic (exact) mass is 250 g/mol. The maximum atomic E-state index is 11.5. The third kappa shape index (κ3) is 2.73. The van der Waals surface area contributed by atoms with Crippen molar-refractivity contribution in [1.82, 2.24) is 5.32 Å². The van der Waals surface area contributed by atoms with Crippen LogP contribution in [-0.4, -0.2) is 30.9 Å². The molecule has 1 aliphatic rings. The van der Waals surface area contributed by atoms with Gasteiger partial charge >= 0.3 is 6.09 Å². The Morgan fingerprint density at radius 3 is 3.11 bits per heavy atom. The Kier molecular flexibility index (Phi) is 4.04. The molecule has 1 unspecified atom stereocenters. The van der Waals surface area contributed by atoms with E-state index in [4.69, 9.17) is 4.74 Å². The number of phenolic OH excluding ortho intramolecular Hbond substituents is 1. The fourth-order valence-corrected chi connectivity index (χ4v) is 2.22. The van der Waals surface area contributed by atoms with Gasteiger partial charge in [0.25, 0.3) is 0 Å². The summed E-state index contributed by atoms with van der Waals surface area (Å²) in [6.07, 6.45) is 0.465. The molecular formula is C13H18N2O3. The van der Waals surface area contributed by atoms with E-state index in [2.05, 4.69) is 10.6 Å². The molecule has 1 amide bonds. The molecule has 0 aromatic heterocycles. The molecule has 3 N–H and O–H groups in total. The van der Waals surface area contributed by atoms with Crippen molar-refractivity contribution < 1.29 is 14.6 Å². The first kappa shape index (κ1) is 12.7. The molecule has 0 saturated carbocycles. The average molecular weight is 250 g/mol. The first-order valence-electron chi connectivity index (χ1n) is 6.18. The maximum Gasteiger partial charge on any atom is 0.411 e. The van der Waals surface area contributed by atoms with Crippen LogP contribution in [0.3, 0.4) is 0 Å². The summed E-state index contributed by atoms with van der Waals surface area (Å²) in [5.74, 6) is 0.390. The Morgan fingerprint density at radius 1 is 1.61 bits per heavy atom. The largest absolute Gasteiger partial charge is 0.506 e. The number of benzene rings is 1. The highest BCUT2D eigenvalue weighted by Gasteiger charge is 2.22. The molecule has 1 fully saturated rings. The molecule has 0 spiro atoms. The standard InChI is InChI=1S/C13H18N2O3/c1-2-18-13(17)15-12-10(4-3-5-11(12)16)9-6-7-14-8-9/h3-5,9,14,16H,2,6-8H2,1H3,(H,15,17). The minimum atomic E-state index is -0.536. The van der Waals surface area contributed by atoms with Crippen LogP contribution in [0, 0.1) is 0 Å². The van der Waals surface area contributed by atoms with Crippen LogP contribution in [0.4, 0.5) is 10.5 Å². The summed E-state index contributed by atoms with van der Waals surface area (Å²) in [7, 11) is 0. The van der Waals surface area contributed by atoms with Gasteiger partial charge in [-0.15, -0.1) is 0 Å². The number of carbonyl (C=O) groups excluding carboxylic acids is 1. The lowest BCUT2D eigenvalue weighted by Crippen LogP contribution is -2.16. The van der Waals surface area contributed by atoms with E-state index >= 15 is 0 Å². The molecule has 0 radical (unpaired) electrons. The van der Waals surface area contributed by atoms with Gasteiger partial charge in [-0.25, -0.2) is 4.79 Å². The molecule has 1 saturated heterocycles. The number of anilines is 1. The minimum Gasteiger partial charge on any atom is -0.506 e. The average Bonchev–Trinajstić information content (AvgIpc) is 2.85. The van der Waals surface area contributed by atoms with Crippen LogP contribution in [0.2, 0.25) is 0 Å². The number of amides is 1. The molecule has 5 nitrogen and oxygen atoms in total. The number of para-hydroxylation sites is 1. The second-order valence-electron chi connectivity index (χ2n) is 4.28. The maximum absolute atomic E-state index is 11.5. The zero-order valence-electron chi connectivity index (χ0n) is 10.4. The zero-order valence-corrected chi connectivity index (χ0v) is 10.4. The molecule has 1 aromatic rings. The highest BCUT2D eigenvalue weighted by Crippen LogP contribution is 2.35. The number of carbonyl (C=O) groups is 1. The second-order valence-corrected chi connectivity index (χ2v) is 4.28. The second kappa shape index (κ2) is 5.73. The summed E-state index contributed by atoms with van der Waals surface area (Å²) in [4.78, 5) is 11.5. The lowest BCUT2D eigenvalue weighted by molar-refractivity contribution is 0.167. The van der Waals surface area contributed by atoms with Crippen molar-refractivity contribution >= 4 is 11.8 Å². The Balaban J connectivity index is 2.23. The summed E-state index contributed by atoms with van der Waals surface area (Å²) in [6.45, 7) is 3.87. The SMILES string of the molecule is CCOC(=O)Nc1c(O)cccc1C1CCNC1. The van der Waals surface area contributed by atoms with Crippen molar-refractivity contribution in [2.75, 3.05) is 25.0 Å². The lowest BCUT2D eigenvalue weighted by Gasteiger charge is -2.16. The van der Waals surface area contributed by atoms with Crippen molar-refractivity contribution in [2.24, 2.45) is 0 Å². The molecule has 1 aliphatic heterocycles. The quantitative estimate of drug-likeness (QED) is 0.718. The summed E-state index contributed by atoms with van der Waals surface area (Å²) in [5.41, 5.74) is 1.41. The molecule has 0 bridgehead atoms. The third-order valence-corrected chi connectivity index (χ3v) is 3.08. The molecular weight excluding hydrogens is 232 g/mol. The molecule has 1 aromatic carbocycles. The number of hydrogen-bond donors (Lipinski definition) is 3.